The molecule has 0 radical (unpaired) electrons. The highest BCUT2D eigenvalue weighted by Gasteiger charge is 2.11. The fraction of sp³-hybridized carbons (Fsp3) is 0.357. The largest absolute Gasteiger partial charge is 0.328 e. The highest BCUT2D eigenvalue weighted by atomic mass is 79.9. The minimum atomic E-state index is 0.249. The molecule has 1 atom stereocenters. The van der Waals surface area contributed by atoms with Crippen LogP contribution < -0.4 is 5.73 Å². The quantitative estimate of drug-likeness (QED) is 0.917. The SMILES string of the molecule is Cc1nc(-c2ccccc2Br)sc1CCC(C)N. The maximum Gasteiger partial charge on any atom is 0.124 e. The Morgan fingerprint density at radius 3 is 2.78 bits per heavy atom. The first-order valence-electron chi connectivity index (χ1n) is 6.04. The number of hydrogen-bond acceptors (Lipinski definition) is 3. The van der Waals surface area contributed by atoms with Crippen LogP contribution in [0.5, 0.6) is 0 Å². The van der Waals surface area contributed by atoms with Crippen LogP contribution in [0, 0.1) is 6.92 Å². The van der Waals surface area contributed by atoms with Crippen molar-refractivity contribution >= 4 is 27.3 Å². The van der Waals surface area contributed by atoms with Crippen molar-refractivity contribution in [1.29, 1.82) is 0 Å². The molecule has 0 amide bonds. The van der Waals surface area contributed by atoms with E-state index in [9.17, 15) is 0 Å². The predicted octanol–water partition coefficient (Wildman–Crippen LogP) is 4.16. The smallest absolute Gasteiger partial charge is 0.124 e. The van der Waals surface area contributed by atoms with Gasteiger partial charge in [-0.25, -0.2) is 4.98 Å². The molecule has 1 aromatic carbocycles. The van der Waals surface area contributed by atoms with Crippen LogP contribution in [0.25, 0.3) is 10.6 Å². The van der Waals surface area contributed by atoms with Crippen molar-refractivity contribution in [2.24, 2.45) is 5.73 Å². The van der Waals surface area contributed by atoms with E-state index in [1.807, 2.05) is 25.1 Å². The van der Waals surface area contributed by atoms with Crippen molar-refractivity contribution < 1.29 is 0 Å². The van der Waals surface area contributed by atoms with Crippen LogP contribution in [-0.2, 0) is 6.42 Å². The number of nitrogens with zero attached hydrogens (tertiary/aromatic N) is 1. The van der Waals surface area contributed by atoms with E-state index in [-0.39, 0.29) is 6.04 Å². The van der Waals surface area contributed by atoms with Crippen LogP contribution in [0.1, 0.15) is 23.9 Å². The minimum Gasteiger partial charge on any atom is -0.328 e. The molecule has 0 aliphatic rings. The Balaban J connectivity index is 2.26. The molecule has 0 aliphatic carbocycles. The van der Waals surface area contributed by atoms with Crippen LogP contribution in [0.4, 0.5) is 0 Å². The first-order valence-corrected chi connectivity index (χ1v) is 7.65. The molecule has 0 saturated heterocycles. The van der Waals surface area contributed by atoms with E-state index in [0.29, 0.717) is 0 Å². The number of thiazole rings is 1. The lowest BCUT2D eigenvalue weighted by molar-refractivity contribution is 0.668. The van der Waals surface area contributed by atoms with Gasteiger partial charge in [-0.15, -0.1) is 11.3 Å². The summed E-state index contributed by atoms with van der Waals surface area (Å²) >= 11 is 5.35. The second-order valence-electron chi connectivity index (χ2n) is 4.52. The second kappa shape index (κ2) is 5.95. The monoisotopic (exact) mass is 324 g/mol. The Labute approximate surface area is 120 Å². The zero-order valence-corrected chi connectivity index (χ0v) is 13.0. The van der Waals surface area contributed by atoms with Crippen molar-refractivity contribution in [3.8, 4) is 10.6 Å². The summed E-state index contributed by atoms with van der Waals surface area (Å²) in [4.78, 5) is 6.01. The van der Waals surface area contributed by atoms with Gasteiger partial charge in [-0.3, -0.25) is 0 Å². The summed E-state index contributed by atoms with van der Waals surface area (Å²) < 4.78 is 1.09. The van der Waals surface area contributed by atoms with E-state index in [4.69, 9.17) is 5.73 Å². The summed E-state index contributed by atoms with van der Waals surface area (Å²) in [6.07, 6.45) is 2.03. The van der Waals surface area contributed by atoms with Gasteiger partial charge in [0.2, 0.25) is 0 Å². The highest BCUT2D eigenvalue weighted by Crippen LogP contribution is 2.33. The first-order chi connectivity index (χ1) is 8.58. The van der Waals surface area contributed by atoms with E-state index < -0.39 is 0 Å². The maximum absolute atomic E-state index is 5.81. The van der Waals surface area contributed by atoms with Crippen LogP contribution in [0.3, 0.4) is 0 Å². The fourth-order valence-corrected chi connectivity index (χ4v) is 3.49. The Kier molecular flexibility index (Phi) is 4.54. The number of aryl methyl sites for hydroxylation is 2. The summed E-state index contributed by atoms with van der Waals surface area (Å²) in [6, 6.07) is 8.45. The van der Waals surface area contributed by atoms with E-state index in [1.165, 1.54) is 4.88 Å². The molecular weight excluding hydrogens is 308 g/mol. The molecular formula is C14H17BrN2S. The summed E-state index contributed by atoms with van der Waals surface area (Å²) in [6.45, 7) is 4.12. The number of rotatable bonds is 4. The second-order valence-corrected chi connectivity index (χ2v) is 6.46. The predicted molar refractivity (Wildman–Crippen MR) is 82.0 cm³/mol. The van der Waals surface area contributed by atoms with Gasteiger partial charge in [0, 0.05) is 21.0 Å². The third kappa shape index (κ3) is 3.19. The zero-order valence-electron chi connectivity index (χ0n) is 10.6. The number of aromatic nitrogens is 1. The zero-order chi connectivity index (χ0) is 13.1. The van der Waals surface area contributed by atoms with Crippen molar-refractivity contribution in [2.45, 2.75) is 32.7 Å². The van der Waals surface area contributed by atoms with Crippen LogP contribution in [0.2, 0.25) is 0 Å². The number of hydrogen-bond donors (Lipinski definition) is 1. The van der Waals surface area contributed by atoms with E-state index in [0.717, 1.165) is 33.6 Å². The Hall–Kier alpha value is -0.710. The molecule has 18 heavy (non-hydrogen) atoms. The van der Waals surface area contributed by atoms with Gasteiger partial charge in [-0.2, -0.15) is 0 Å². The minimum absolute atomic E-state index is 0.249. The molecule has 2 aromatic rings. The van der Waals surface area contributed by atoms with Crippen LogP contribution in [-0.4, -0.2) is 11.0 Å². The molecule has 2 nitrogen and oxygen atoms in total. The highest BCUT2D eigenvalue weighted by molar-refractivity contribution is 9.10. The van der Waals surface area contributed by atoms with Gasteiger partial charge in [0.25, 0.3) is 0 Å². The molecule has 1 unspecified atom stereocenters. The lowest BCUT2D eigenvalue weighted by Crippen LogP contribution is -2.15. The van der Waals surface area contributed by atoms with E-state index in [2.05, 4.69) is 33.9 Å². The maximum atomic E-state index is 5.81. The Bertz CT molecular complexity index is 534. The van der Waals surface area contributed by atoms with Crippen LogP contribution in [0.15, 0.2) is 28.7 Å². The standard InChI is InChI=1S/C14H17BrN2S/c1-9(16)7-8-13-10(2)17-14(18-13)11-5-3-4-6-12(11)15/h3-6,9H,7-8,16H2,1-2H3. The molecule has 0 fully saturated rings. The van der Waals surface area contributed by atoms with Gasteiger partial charge in [0.15, 0.2) is 0 Å². The molecule has 1 aromatic heterocycles. The summed E-state index contributed by atoms with van der Waals surface area (Å²) in [7, 11) is 0. The van der Waals surface area contributed by atoms with Crippen molar-refractivity contribution in [2.75, 3.05) is 0 Å². The molecule has 96 valence electrons. The molecule has 4 heteroatoms. The molecule has 0 aliphatic heterocycles. The van der Waals surface area contributed by atoms with E-state index >= 15 is 0 Å². The number of benzene rings is 1. The average molecular weight is 325 g/mol. The number of halogens is 1. The molecule has 1 heterocycles. The first kappa shape index (κ1) is 13.7. The third-order valence-electron chi connectivity index (χ3n) is 2.82. The Morgan fingerprint density at radius 1 is 1.39 bits per heavy atom. The van der Waals surface area contributed by atoms with Gasteiger partial charge < -0.3 is 5.73 Å². The summed E-state index contributed by atoms with van der Waals surface area (Å²) in [5, 5.41) is 1.08. The van der Waals surface area contributed by atoms with Gasteiger partial charge in [0.1, 0.15) is 5.01 Å². The fourth-order valence-electron chi connectivity index (χ4n) is 1.77. The molecule has 2 rings (SSSR count). The normalized spacial score (nSPS) is 12.7. The Morgan fingerprint density at radius 2 is 2.11 bits per heavy atom. The van der Waals surface area contributed by atoms with Gasteiger partial charge in [-0.05, 0) is 32.8 Å². The molecule has 0 bridgehead atoms. The average Bonchev–Trinajstić information content (AvgIpc) is 2.68. The van der Waals surface area contributed by atoms with E-state index in [1.54, 1.807) is 11.3 Å². The summed E-state index contributed by atoms with van der Waals surface area (Å²) in [5.41, 5.74) is 8.10. The lowest BCUT2D eigenvalue weighted by Gasteiger charge is -2.02. The van der Waals surface area contributed by atoms with Crippen molar-refractivity contribution in [3.63, 3.8) is 0 Å². The topological polar surface area (TPSA) is 38.9 Å². The van der Waals surface area contributed by atoms with Gasteiger partial charge in [-0.1, -0.05) is 34.1 Å². The van der Waals surface area contributed by atoms with Crippen LogP contribution >= 0.6 is 27.3 Å². The molecule has 0 spiro atoms. The third-order valence-corrected chi connectivity index (χ3v) is 4.77. The van der Waals surface area contributed by atoms with Crippen molar-refractivity contribution in [3.05, 3.63) is 39.3 Å². The lowest BCUT2D eigenvalue weighted by atomic mass is 10.1. The molecule has 2 N–H and O–H groups in total. The summed E-state index contributed by atoms with van der Waals surface area (Å²) in [5.74, 6) is 0. The number of nitrogens with two attached hydrogens (primary N) is 1. The van der Waals surface area contributed by atoms with Crippen molar-refractivity contribution in [1.82, 2.24) is 4.98 Å². The molecule has 0 saturated carbocycles. The van der Waals surface area contributed by atoms with Gasteiger partial charge in [0.05, 0.1) is 5.69 Å². The van der Waals surface area contributed by atoms with Gasteiger partial charge >= 0.3 is 0 Å².